The van der Waals surface area contributed by atoms with Gasteiger partial charge >= 0.3 is 12.2 Å². The zero-order valence-corrected chi connectivity index (χ0v) is 44.7. The summed E-state index contributed by atoms with van der Waals surface area (Å²) in [6, 6.07) is 25.7. The molecule has 4 aromatic carbocycles. The van der Waals surface area contributed by atoms with Gasteiger partial charge in [-0.2, -0.15) is 0 Å². The Balaban J connectivity index is 0.000000198. The number of rotatable bonds is 12. The quantitative estimate of drug-likeness (QED) is 0.103. The van der Waals surface area contributed by atoms with E-state index in [1.807, 2.05) is 56.1 Å². The second-order valence-electron chi connectivity index (χ2n) is 16.1. The maximum absolute atomic E-state index is 14.5. The minimum absolute atomic E-state index is 0. The Bertz CT molecular complexity index is 2430. The van der Waals surface area contributed by atoms with Crippen LogP contribution in [-0.2, 0) is 47.4 Å². The van der Waals surface area contributed by atoms with Crippen LogP contribution in [0.3, 0.4) is 0 Å². The number of morpholine rings is 2. The molecular formula is C48H62F2N6O9P2S5. The summed E-state index contributed by atoms with van der Waals surface area (Å²) in [6.07, 6.45) is -1.76. The number of amides is 3. The lowest BCUT2D eigenvalue weighted by Crippen LogP contribution is -2.36. The van der Waals surface area contributed by atoms with Crippen LogP contribution in [-0.4, -0.2) is 128 Å². The second-order valence-corrected chi connectivity index (χ2v) is 38.0. The van der Waals surface area contributed by atoms with Crippen molar-refractivity contribution in [3.63, 3.8) is 0 Å². The van der Waals surface area contributed by atoms with E-state index in [-0.39, 0.29) is 51.6 Å². The number of carbonyl (C=O) groups is 3. The van der Waals surface area contributed by atoms with Gasteiger partial charge in [-0.1, -0.05) is 72.7 Å². The van der Waals surface area contributed by atoms with E-state index in [1.54, 1.807) is 45.4 Å². The van der Waals surface area contributed by atoms with Crippen molar-refractivity contribution in [1.82, 2.24) is 10.6 Å². The van der Waals surface area contributed by atoms with Crippen LogP contribution in [0.4, 0.5) is 41.1 Å². The van der Waals surface area contributed by atoms with Crippen LogP contribution >= 0.6 is 43.1 Å². The third kappa shape index (κ3) is 15.0. The second kappa shape index (κ2) is 26.8. The van der Waals surface area contributed by atoms with Crippen molar-refractivity contribution in [2.75, 3.05) is 113 Å². The highest BCUT2D eigenvalue weighted by molar-refractivity contribution is 9.48. The number of thiocarbonyl (C=S) groups is 1. The molecule has 5 aliphatic rings. The molecule has 9 rings (SSSR count). The van der Waals surface area contributed by atoms with Crippen molar-refractivity contribution in [3.8, 4) is 11.5 Å². The summed E-state index contributed by atoms with van der Waals surface area (Å²) in [7, 11) is 3.34. The molecule has 0 radical (unpaired) electrons. The summed E-state index contributed by atoms with van der Waals surface area (Å²) in [6.45, 7) is 9.42. The Labute approximate surface area is 444 Å². The molecule has 5 aliphatic heterocycles. The number of hydrogen-bond donors (Lipinski definition) is 2. The van der Waals surface area contributed by atoms with Gasteiger partial charge in [0.1, 0.15) is 35.3 Å². The van der Waals surface area contributed by atoms with Gasteiger partial charge in [0, 0.05) is 43.7 Å². The molecule has 0 saturated carbocycles. The first-order valence-corrected chi connectivity index (χ1v) is 32.3. The predicted molar refractivity (Wildman–Crippen MR) is 302 cm³/mol. The van der Waals surface area contributed by atoms with Gasteiger partial charge < -0.3 is 48.9 Å². The fourth-order valence-corrected chi connectivity index (χ4v) is 50.0. The molecule has 5 fully saturated rings. The van der Waals surface area contributed by atoms with E-state index in [9.17, 15) is 23.2 Å². The van der Waals surface area contributed by atoms with Gasteiger partial charge in [0.25, 0.3) is 0 Å². The topological polar surface area (TPSA) is 144 Å². The highest BCUT2D eigenvalue weighted by Crippen LogP contribution is 3.04. The zero-order valence-electron chi connectivity index (χ0n) is 38.9. The number of ether oxygens (including phenoxy) is 6. The average molecular weight is 1130 g/mol. The minimum Gasteiger partial charge on any atom is -0.497 e. The molecule has 72 heavy (non-hydrogen) atoms. The van der Waals surface area contributed by atoms with Crippen LogP contribution in [0.2, 0.25) is 0 Å². The Morgan fingerprint density at radius 3 is 1.36 bits per heavy atom. The van der Waals surface area contributed by atoms with Gasteiger partial charge in [-0.3, -0.25) is 14.6 Å². The Morgan fingerprint density at radius 2 is 1.03 bits per heavy atom. The van der Waals surface area contributed by atoms with Crippen molar-refractivity contribution < 1.29 is 51.6 Å². The first-order chi connectivity index (χ1) is 33.6. The number of methoxy groups -OCH3 is 2. The number of benzene rings is 4. The Hall–Kier alpha value is -4.24. The molecule has 5 heterocycles. The molecule has 0 unspecified atom stereocenters. The van der Waals surface area contributed by atoms with E-state index < -0.39 is 27.2 Å². The highest BCUT2D eigenvalue weighted by Gasteiger charge is 2.46. The summed E-state index contributed by atoms with van der Waals surface area (Å²) < 4.78 is 57.0. The van der Waals surface area contributed by atoms with E-state index in [2.05, 4.69) is 34.9 Å². The molecule has 0 bridgehead atoms. The Kier molecular flexibility index (Phi) is 21.8. The minimum atomic E-state index is -1.66. The predicted octanol–water partition coefficient (Wildman–Crippen LogP) is 9.07. The smallest absolute Gasteiger partial charge is 0.414 e. The number of hydrogen-bond acceptors (Lipinski definition) is 16. The van der Waals surface area contributed by atoms with E-state index in [1.165, 1.54) is 39.5 Å². The van der Waals surface area contributed by atoms with Crippen molar-refractivity contribution in [2.45, 2.75) is 40.9 Å². The molecular weight excluding hydrogens is 1060 g/mol. The molecule has 15 nitrogen and oxygen atoms in total. The first-order valence-electron chi connectivity index (χ1n) is 22.2. The molecule has 5 saturated heterocycles. The number of nitrogens with one attached hydrogen (secondary N) is 2. The molecule has 392 valence electrons. The first kappa shape index (κ1) is 58.6. The van der Waals surface area contributed by atoms with Gasteiger partial charge in [0.15, 0.2) is 0 Å². The molecule has 2 N–H and O–H groups in total. The lowest BCUT2D eigenvalue weighted by Gasteiger charge is -2.40. The van der Waals surface area contributed by atoms with E-state index >= 15 is 0 Å². The van der Waals surface area contributed by atoms with E-state index in [0.717, 1.165) is 11.5 Å². The average Bonchev–Trinajstić information content (AvgIpc) is 3.93. The maximum atomic E-state index is 14.5. The highest BCUT2D eigenvalue weighted by atomic mass is 33.7. The third-order valence-electron chi connectivity index (χ3n) is 11.3. The number of halogens is 2. The largest absolute Gasteiger partial charge is 0.497 e. The van der Waals surface area contributed by atoms with Crippen LogP contribution in [0, 0.1) is 11.6 Å². The van der Waals surface area contributed by atoms with Crippen LogP contribution in [0.15, 0.2) is 84.9 Å². The number of anilines is 4. The van der Waals surface area contributed by atoms with Crippen LogP contribution in [0.5, 0.6) is 11.5 Å². The molecule has 24 heteroatoms. The molecule has 3 amide bonds. The summed E-state index contributed by atoms with van der Waals surface area (Å²) in [4.78, 5) is 42.3. The molecule has 4 aromatic rings. The van der Waals surface area contributed by atoms with E-state index in [0.29, 0.717) is 93.4 Å². The summed E-state index contributed by atoms with van der Waals surface area (Å²) >= 11 is 20.5. The molecule has 2 atom stereocenters. The van der Waals surface area contributed by atoms with Crippen LogP contribution in [0.1, 0.15) is 28.7 Å². The number of carbonyl (C=O) groups excluding carboxylic acids is 3. The number of cyclic esters (lactones) is 2. The van der Waals surface area contributed by atoms with Crippen molar-refractivity contribution in [3.05, 3.63) is 96.6 Å². The molecule has 0 aliphatic carbocycles. The third-order valence-corrected chi connectivity index (χ3v) is 42.7. The van der Waals surface area contributed by atoms with Crippen LogP contribution < -0.4 is 50.3 Å². The molecule has 0 aromatic heterocycles. The maximum Gasteiger partial charge on any atom is 0.414 e. The van der Waals surface area contributed by atoms with Gasteiger partial charge in [-0.15, -0.1) is 0 Å². The van der Waals surface area contributed by atoms with Gasteiger partial charge in [0.05, 0.1) is 103 Å². The summed E-state index contributed by atoms with van der Waals surface area (Å²) in [5.41, 5.74) is 1.98. The van der Waals surface area contributed by atoms with Gasteiger partial charge in [-0.25, -0.2) is 18.4 Å². The lowest BCUT2D eigenvalue weighted by molar-refractivity contribution is -0.119. The fraction of sp³-hybridized carbons (Fsp3) is 0.417. The monoisotopic (exact) mass is 1130 g/mol. The number of nitrogens with zero attached hydrogens (tertiary/aromatic N) is 4. The SMILES string of the molecule is C.C.CC(=O)NC[C@H]1CN(c2ccc(N3CCOCC3)c(F)c2)C(=O)O1.CC(=S)NC[C@H]1CN(c2ccc(N3CCOCC3)c(F)c2)C(=O)O1.COc1ccc(P2(=S)SP(=S)(c3ccc(OC)cc3)S2)cc1. The molecule has 0 spiro atoms. The van der Waals surface area contributed by atoms with Crippen LogP contribution in [0.25, 0.3) is 0 Å². The standard InChI is InChI=1S/C16H20FN3O4.C16H20FN3O3S.C14H14O2P2S4.2CH4/c1-11(21)18-9-13-10-20(16(22)24-13)12-2-3-15(14(17)8-12)19-4-6-23-7-5-19;1-11(24)18-9-13-10-20(16(21)23-13)12-2-3-15(14(17)8-12)19-4-6-22-7-5-19;1-15-11-3-7-13(8-4-11)17(19)21-18(20,22-17)14-9-5-12(16-2)6-10-14;;/h2-3,8,13H,4-7,9-10H2,1H3,(H,18,21);2-3,8,13H,4-7,9-10H2,1H3,(H,18,24);3-10H,1-2H3;2*1H4/t2*13-;;;/m00.../s1. The zero-order chi connectivity index (χ0) is 50.0. The van der Waals surface area contributed by atoms with Gasteiger partial charge in [0.2, 0.25) is 5.91 Å². The van der Waals surface area contributed by atoms with E-state index in [4.69, 9.17) is 64.3 Å². The van der Waals surface area contributed by atoms with Gasteiger partial charge in [-0.05, 0) is 91.9 Å². The summed E-state index contributed by atoms with van der Waals surface area (Å²) in [5, 5.41) is 8.02. The summed E-state index contributed by atoms with van der Waals surface area (Å²) in [5.74, 6) is 0.794. The fourth-order valence-electron chi connectivity index (χ4n) is 7.65. The van der Waals surface area contributed by atoms with Crippen molar-refractivity contribution in [2.24, 2.45) is 0 Å². The normalized spacial score (nSPS) is 22.2. The van der Waals surface area contributed by atoms with Crippen molar-refractivity contribution >= 4 is 123 Å². The lowest BCUT2D eigenvalue weighted by atomic mass is 10.2. The van der Waals surface area contributed by atoms with Crippen molar-refractivity contribution in [1.29, 1.82) is 0 Å². The Morgan fingerprint density at radius 1 is 0.653 bits per heavy atom.